The SMILES string of the molecule is CCC1(C)CC(N2CCC(CNC)CC2)CCO1. The van der Waals surface area contributed by atoms with Crippen LogP contribution in [0.15, 0.2) is 0 Å². The predicted octanol–water partition coefficient (Wildman–Crippen LogP) is 2.27. The highest BCUT2D eigenvalue weighted by Crippen LogP contribution is 2.32. The molecule has 0 aromatic carbocycles. The molecule has 0 saturated carbocycles. The third-order valence-corrected chi connectivity index (χ3v) is 4.98. The van der Waals surface area contributed by atoms with Crippen LogP contribution in [0.5, 0.6) is 0 Å². The minimum atomic E-state index is 0.130. The average Bonchev–Trinajstić information content (AvgIpc) is 2.40. The summed E-state index contributed by atoms with van der Waals surface area (Å²) in [5.74, 6) is 0.892. The number of hydrogen-bond donors (Lipinski definition) is 1. The number of ether oxygens (including phenoxy) is 1. The van der Waals surface area contributed by atoms with E-state index in [9.17, 15) is 0 Å². The van der Waals surface area contributed by atoms with E-state index in [1.54, 1.807) is 0 Å². The second-order valence-electron chi connectivity index (χ2n) is 6.34. The molecule has 18 heavy (non-hydrogen) atoms. The Labute approximate surface area is 112 Å². The normalized spacial score (nSPS) is 35.8. The van der Waals surface area contributed by atoms with Crippen LogP contribution in [0.2, 0.25) is 0 Å². The maximum absolute atomic E-state index is 5.96. The Bertz CT molecular complexity index is 251. The van der Waals surface area contributed by atoms with Crippen molar-refractivity contribution in [2.75, 3.05) is 33.3 Å². The molecule has 2 fully saturated rings. The van der Waals surface area contributed by atoms with Crippen LogP contribution in [0.25, 0.3) is 0 Å². The van der Waals surface area contributed by atoms with Gasteiger partial charge in [0, 0.05) is 12.6 Å². The number of rotatable bonds is 4. The fourth-order valence-electron chi connectivity index (χ4n) is 3.47. The molecule has 0 spiro atoms. The summed E-state index contributed by atoms with van der Waals surface area (Å²) in [7, 11) is 2.07. The first-order valence-electron chi connectivity index (χ1n) is 7.69. The van der Waals surface area contributed by atoms with Gasteiger partial charge in [0.25, 0.3) is 0 Å². The molecule has 0 radical (unpaired) electrons. The van der Waals surface area contributed by atoms with Crippen LogP contribution < -0.4 is 5.32 Å². The van der Waals surface area contributed by atoms with Gasteiger partial charge in [-0.05, 0) is 71.6 Å². The van der Waals surface area contributed by atoms with Crippen molar-refractivity contribution < 1.29 is 4.74 Å². The van der Waals surface area contributed by atoms with Crippen LogP contribution >= 0.6 is 0 Å². The lowest BCUT2D eigenvalue weighted by Gasteiger charge is -2.45. The van der Waals surface area contributed by atoms with Gasteiger partial charge in [-0.15, -0.1) is 0 Å². The molecule has 3 heteroatoms. The molecule has 2 saturated heterocycles. The molecule has 0 aliphatic carbocycles. The predicted molar refractivity (Wildman–Crippen MR) is 75.9 cm³/mol. The second-order valence-corrected chi connectivity index (χ2v) is 6.34. The molecule has 0 aromatic rings. The summed E-state index contributed by atoms with van der Waals surface area (Å²) >= 11 is 0. The second kappa shape index (κ2) is 6.36. The zero-order chi connectivity index (χ0) is 13.0. The van der Waals surface area contributed by atoms with E-state index in [0.29, 0.717) is 0 Å². The molecule has 2 aliphatic heterocycles. The summed E-state index contributed by atoms with van der Waals surface area (Å²) < 4.78 is 5.96. The van der Waals surface area contributed by atoms with Gasteiger partial charge in [0.15, 0.2) is 0 Å². The average molecular weight is 254 g/mol. The number of nitrogens with zero attached hydrogens (tertiary/aromatic N) is 1. The van der Waals surface area contributed by atoms with Gasteiger partial charge in [0.1, 0.15) is 0 Å². The molecule has 2 unspecified atom stereocenters. The standard InChI is InChI=1S/C15H30N2O/c1-4-15(2)11-14(7-10-18-15)17-8-5-13(6-9-17)12-16-3/h13-14,16H,4-12H2,1-3H3. The minimum absolute atomic E-state index is 0.130. The minimum Gasteiger partial charge on any atom is -0.375 e. The van der Waals surface area contributed by atoms with Gasteiger partial charge in [-0.2, -0.15) is 0 Å². The molecule has 3 nitrogen and oxygen atoms in total. The summed E-state index contributed by atoms with van der Waals surface area (Å²) in [6.45, 7) is 9.25. The van der Waals surface area contributed by atoms with E-state index >= 15 is 0 Å². The molecule has 106 valence electrons. The molecule has 0 amide bonds. The van der Waals surface area contributed by atoms with Gasteiger partial charge < -0.3 is 15.0 Å². The fraction of sp³-hybridized carbons (Fsp3) is 1.00. The Morgan fingerprint density at radius 1 is 1.28 bits per heavy atom. The van der Waals surface area contributed by atoms with Gasteiger partial charge in [-0.1, -0.05) is 6.92 Å². The van der Waals surface area contributed by atoms with Crippen LogP contribution in [0.1, 0.15) is 46.0 Å². The van der Waals surface area contributed by atoms with Crippen molar-refractivity contribution in [2.24, 2.45) is 5.92 Å². The quantitative estimate of drug-likeness (QED) is 0.833. The molecule has 2 aliphatic rings. The topological polar surface area (TPSA) is 24.5 Å². The Morgan fingerprint density at radius 3 is 2.61 bits per heavy atom. The van der Waals surface area contributed by atoms with Gasteiger partial charge in [0.2, 0.25) is 0 Å². The van der Waals surface area contributed by atoms with Crippen molar-refractivity contribution in [1.82, 2.24) is 10.2 Å². The molecular weight excluding hydrogens is 224 g/mol. The lowest BCUT2D eigenvalue weighted by atomic mass is 9.87. The third kappa shape index (κ3) is 3.46. The van der Waals surface area contributed by atoms with Crippen LogP contribution in [0.3, 0.4) is 0 Å². The van der Waals surface area contributed by atoms with Gasteiger partial charge in [-0.3, -0.25) is 0 Å². The number of piperidine rings is 1. The number of hydrogen-bond acceptors (Lipinski definition) is 3. The van der Waals surface area contributed by atoms with E-state index in [2.05, 4.69) is 31.1 Å². The first-order chi connectivity index (χ1) is 8.67. The lowest BCUT2D eigenvalue weighted by molar-refractivity contribution is -0.0995. The molecule has 2 atom stereocenters. The Kier molecular flexibility index (Phi) is 5.05. The van der Waals surface area contributed by atoms with Crippen molar-refractivity contribution in [3.8, 4) is 0 Å². The van der Waals surface area contributed by atoms with Crippen molar-refractivity contribution in [3.63, 3.8) is 0 Å². The van der Waals surface area contributed by atoms with E-state index in [1.807, 2.05) is 0 Å². The lowest BCUT2D eigenvalue weighted by Crippen LogP contribution is -2.50. The third-order valence-electron chi connectivity index (χ3n) is 4.98. The molecule has 1 N–H and O–H groups in total. The van der Waals surface area contributed by atoms with E-state index in [0.717, 1.165) is 25.0 Å². The van der Waals surface area contributed by atoms with Gasteiger partial charge in [0.05, 0.1) is 5.60 Å². The monoisotopic (exact) mass is 254 g/mol. The molecule has 2 heterocycles. The van der Waals surface area contributed by atoms with Crippen molar-refractivity contribution in [3.05, 3.63) is 0 Å². The van der Waals surface area contributed by atoms with Crippen molar-refractivity contribution >= 4 is 0 Å². The highest BCUT2D eigenvalue weighted by Gasteiger charge is 2.35. The van der Waals surface area contributed by atoms with Crippen molar-refractivity contribution in [2.45, 2.75) is 57.6 Å². The zero-order valence-electron chi connectivity index (χ0n) is 12.4. The van der Waals surface area contributed by atoms with Crippen LogP contribution in [-0.2, 0) is 4.74 Å². The summed E-state index contributed by atoms with van der Waals surface area (Å²) in [5, 5.41) is 3.32. The first-order valence-corrected chi connectivity index (χ1v) is 7.69. The maximum atomic E-state index is 5.96. The smallest absolute Gasteiger partial charge is 0.0666 e. The fourth-order valence-corrected chi connectivity index (χ4v) is 3.47. The van der Waals surface area contributed by atoms with Crippen LogP contribution in [-0.4, -0.2) is 49.8 Å². The highest BCUT2D eigenvalue weighted by molar-refractivity contribution is 4.88. The molecular formula is C15H30N2O. The number of nitrogens with one attached hydrogen (secondary N) is 1. The van der Waals surface area contributed by atoms with Crippen LogP contribution in [0.4, 0.5) is 0 Å². The molecule has 2 rings (SSSR count). The Morgan fingerprint density at radius 2 is 2.00 bits per heavy atom. The first kappa shape index (κ1) is 14.3. The van der Waals surface area contributed by atoms with Crippen LogP contribution in [0, 0.1) is 5.92 Å². The molecule has 0 bridgehead atoms. The van der Waals surface area contributed by atoms with Gasteiger partial charge in [-0.25, -0.2) is 0 Å². The zero-order valence-corrected chi connectivity index (χ0v) is 12.4. The Hall–Kier alpha value is -0.120. The van der Waals surface area contributed by atoms with E-state index in [1.165, 1.54) is 45.3 Å². The highest BCUT2D eigenvalue weighted by atomic mass is 16.5. The maximum Gasteiger partial charge on any atom is 0.0666 e. The number of likely N-dealkylation sites (tertiary alicyclic amines) is 1. The van der Waals surface area contributed by atoms with E-state index in [4.69, 9.17) is 4.74 Å². The molecule has 0 aromatic heterocycles. The summed E-state index contributed by atoms with van der Waals surface area (Å²) in [6.07, 6.45) is 6.31. The summed E-state index contributed by atoms with van der Waals surface area (Å²) in [4.78, 5) is 2.72. The van der Waals surface area contributed by atoms with E-state index < -0.39 is 0 Å². The van der Waals surface area contributed by atoms with E-state index in [-0.39, 0.29) is 5.60 Å². The van der Waals surface area contributed by atoms with Gasteiger partial charge >= 0.3 is 0 Å². The van der Waals surface area contributed by atoms with Crippen molar-refractivity contribution in [1.29, 1.82) is 0 Å². The largest absolute Gasteiger partial charge is 0.375 e. The summed E-state index contributed by atoms with van der Waals surface area (Å²) in [5.41, 5.74) is 0.130. The Balaban J connectivity index is 1.82. The summed E-state index contributed by atoms with van der Waals surface area (Å²) in [6, 6.07) is 0.763.